The molecule has 0 spiro atoms. The van der Waals surface area contributed by atoms with Gasteiger partial charge >= 0.3 is 0 Å². The molecule has 0 fully saturated rings. The van der Waals surface area contributed by atoms with Crippen LogP contribution in [0.1, 0.15) is 13.8 Å². The van der Waals surface area contributed by atoms with Gasteiger partial charge in [0.2, 0.25) is 0 Å². The van der Waals surface area contributed by atoms with Crippen LogP contribution in [-0.4, -0.2) is 30.4 Å². The molecule has 0 aromatic heterocycles. The van der Waals surface area contributed by atoms with Gasteiger partial charge in [-0.15, -0.1) is 0 Å². The van der Waals surface area contributed by atoms with Gasteiger partial charge in [-0.05, 0) is 26.0 Å². The van der Waals surface area contributed by atoms with Crippen molar-refractivity contribution in [3.05, 3.63) is 24.0 Å². The summed E-state index contributed by atoms with van der Waals surface area (Å²) >= 11 is 0. The van der Waals surface area contributed by atoms with E-state index in [-0.39, 0.29) is 11.6 Å². The van der Waals surface area contributed by atoms with Gasteiger partial charge in [0.25, 0.3) is 0 Å². The third-order valence-corrected chi connectivity index (χ3v) is 2.47. The molecule has 1 aromatic carbocycles. The Balaban J connectivity index is 2.30. The normalized spacial score (nSPS) is 15.6. The number of rotatable bonds is 2. The molecule has 2 rings (SSSR count). The van der Waals surface area contributed by atoms with Gasteiger partial charge in [0, 0.05) is 6.54 Å². The van der Waals surface area contributed by atoms with Gasteiger partial charge in [0.1, 0.15) is 6.61 Å². The molecule has 1 aliphatic heterocycles. The Labute approximate surface area is 94.4 Å². The highest BCUT2D eigenvalue weighted by Gasteiger charge is 2.25. The highest BCUT2D eigenvalue weighted by molar-refractivity contribution is 5.60. The number of halogens is 1. The SMILES string of the molecule is CC(C)(O)CN1CCOc2c(F)cccc21. The van der Waals surface area contributed by atoms with Gasteiger partial charge in [-0.3, -0.25) is 0 Å². The lowest BCUT2D eigenvalue weighted by Crippen LogP contribution is -2.42. The van der Waals surface area contributed by atoms with Crippen molar-refractivity contribution in [2.24, 2.45) is 0 Å². The molecule has 0 amide bonds. The second-order valence-electron chi connectivity index (χ2n) is 4.67. The number of β-amino-alcohol motifs (C(OH)–C–C–N with tert-alkyl or cyclic N) is 1. The number of para-hydroxylation sites is 1. The van der Waals surface area contributed by atoms with Crippen LogP contribution in [-0.2, 0) is 0 Å². The Morgan fingerprint density at radius 1 is 1.50 bits per heavy atom. The van der Waals surface area contributed by atoms with Gasteiger partial charge in [-0.1, -0.05) is 6.07 Å². The number of aliphatic hydroxyl groups is 1. The zero-order valence-corrected chi connectivity index (χ0v) is 9.53. The van der Waals surface area contributed by atoms with E-state index >= 15 is 0 Å². The van der Waals surface area contributed by atoms with E-state index in [2.05, 4.69) is 0 Å². The second kappa shape index (κ2) is 3.94. The number of anilines is 1. The predicted octanol–water partition coefficient (Wildman–Crippen LogP) is 1.80. The molecule has 4 heteroatoms. The molecule has 0 saturated heterocycles. The highest BCUT2D eigenvalue weighted by Crippen LogP contribution is 2.34. The van der Waals surface area contributed by atoms with Crippen LogP contribution in [0.25, 0.3) is 0 Å². The van der Waals surface area contributed by atoms with Crippen LogP contribution in [0.4, 0.5) is 10.1 Å². The second-order valence-corrected chi connectivity index (χ2v) is 4.67. The zero-order valence-electron chi connectivity index (χ0n) is 9.53. The summed E-state index contributed by atoms with van der Waals surface area (Å²) in [6.45, 7) is 5.06. The van der Waals surface area contributed by atoms with Crippen LogP contribution in [0.5, 0.6) is 5.75 Å². The highest BCUT2D eigenvalue weighted by atomic mass is 19.1. The molecular formula is C12H16FNO2. The molecule has 16 heavy (non-hydrogen) atoms. The van der Waals surface area contributed by atoms with Gasteiger partial charge < -0.3 is 14.7 Å². The van der Waals surface area contributed by atoms with E-state index in [1.165, 1.54) is 6.07 Å². The van der Waals surface area contributed by atoms with Crippen molar-refractivity contribution in [3.8, 4) is 5.75 Å². The molecule has 0 unspecified atom stereocenters. The standard InChI is InChI=1S/C12H16FNO2/c1-12(2,15)8-14-6-7-16-11-9(13)4-3-5-10(11)14/h3-5,15H,6-8H2,1-2H3. The molecular weight excluding hydrogens is 209 g/mol. The molecule has 88 valence electrons. The summed E-state index contributed by atoms with van der Waals surface area (Å²) in [5.41, 5.74) is -0.0885. The van der Waals surface area contributed by atoms with Crippen molar-refractivity contribution < 1.29 is 14.2 Å². The first-order chi connectivity index (χ1) is 7.47. The third kappa shape index (κ3) is 2.27. The first-order valence-electron chi connectivity index (χ1n) is 5.36. The number of nitrogens with zero attached hydrogens (tertiary/aromatic N) is 1. The van der Waals surface area contributed by atoms with E-state index in [4.69, 9.17) is 4.74 Å². The molecule has 1 aromatic rings. The topological polar surface area (TPSA) is 32.7 Å². The molecule has 0 aliphatic carbocycles. The Hall–Kier alpha value is -1.29. The van der Waals surface area contributed by atoms with Gasteiger partial charge in [0.15, 0.2) is 11.6 Å². The minimum atomic E-state index is -0.805. The molecule has 0 radical (unpaired) electrons. The average Bonchev–Trinajstić information content (AvgIpc) is 2.17. The largest absolute Gasteiger partial charge is 0.486 e. The first-order valence-corrected chi connectivity index (χ1v) is 5.36. The number of hydrogen-bond donors (Lipinski definition) is 1. The summed E-state index contributed by atoms with van der Waals surface area (Å²) in [5, 5.41) is 9.79. The number of ether oxygens (including phenoxy) is 1. The Kier molecular flexibility index (Phi) is 2.76. The molecule has 1 N–H and O–H groups in total. The minimum absolute atomic E-state index is 0.290. The quantitative estimate of drug-likeness (QED) is 0.833. The maximum absolute atomic E-state index is 13.5. The fraction of sp³-hybridized carbons (Fsp3) is 0.500. The monoisotopic (exact) mass is 225 g/mol. The summed E-state index contributed by atoms with van der Waals surface area (Å²) in [6.07, 6.45) is 0. The van der Waals surface area contributed by atoms with Crippen LogP contribution >= 0.6 is 0 Å². The van der Waals surface area contributed by atoms with Crippen molar-refractivity contribution >= 4 is 5.69 Å². The lowest BCUT2D eigenvalue weighted by molar-refractivity contribution is 0.0853. The van der Waals surface area contributed by atoms with Crippen molar-refractivity contribution in [2.45, 2.75) is 19.4 Å². The lowest BCUT2D eigenvalue weighted by atomic mass is 10.1. The molecule has 0 bridgehead atoms. The van der Waals surface area contributed by atoms with E-state index in [9.17, 15) is 9.50 Å². The summed E-state index contributed by atoms with van der Waals surface area (Å²) in [7, 11) is 0. The van der Waals surface area contributed by atoms with Crippen LogP contribution in [0.3, 0.4) is 0 Å². The van der Waals surface area contributed by atoms with E-state index in [1.807, 2.05) is 11.0 Å². The maximum atomic E-state index is 13.5. The molecule has 0 saturated carbocycles. The Morgan fingerprint density at radius 3 is 2.94 bits per heavy atom. The Morgan fingerprint density at radius 2 is 2.25 bits per heavy atom. The maximum Gasteiger partial charge on any atom is 0.178 e. The fourth-order valence-electron chi connectivity index (χ4n) is 1.90. The summed E-state index contributed by atoms with van der Waals surface area (Å²) in [5.74, 6) is -0.0593. The summed E-state index contributed by atoms with van der Waals surface area (Å²) < 4.78 is 18.8. The average molecular weight is 225 g/mol. The number of benzene rings is 1. The van der Waals surface area contributed by atoms with Crippen molar-refractivity contribution in [3.63, 3.8) is 0 Å². The fourth-order valence-corrected chi connectivity index (χ4v) is 1.90. The first kappa shape index (κ1) is 11.2. The number of hydrogen-bond acceptors (Lipinski definition) is 3. The van der Waals surface area contributed by atoms with Crippen molar-refractivity contribution in [2.75, 3.05) is 24.6 Å². The van der Waals surface area contributed by atoms with E-state index < -0.39 is 5.60 Å². The van der Waals surface area contributed by atoms with Crippen LogP contribution in [0.2, 0.25) is 0 Å². The van der Waals surface area contributed by atoms with E-state index in [1.54, 1.807) is 19.9 Å². The minimum Gasteiger partial charge on any atom is -0.486 e. The molecule has 1 heterocycles. The van der Waals surface area contributed by atoms with Gasteiger partial charge in [-0.2, -0.15) is 0 Å². The summed E-state index contributed by atoms with van der Waals surface area (Å²) in [4.78, 5) is 1.95. The zero-order chi connectivity index (χ0) is 11.8. The van der Waals surface area contributed by atoms with Crippen molar-refractivity contribution in [1.82, 2.24) is 0 Å². The van der Waals surface area contributed by atoms with Gasteiger partial charge in [-0.25, -0.2) is 4.39 Å². The summed E-state index contributed by atoms with van der Waals surface area (Å²) in [6, 6.07) is 4.84. The molecule has 3 nitrogen and oxygen atoms in total. The smallest absolute Gasteiger partial charge is 0.178 e. The van der Waals surface area contributed by atoms with E-state index in [0.717, 1.165) is 0 Å². The van der Waals surface area contributed by atoms with Crippen molar-refractivity contribution in [1.29, 1.82) is 0 Å². The van der Waals surface area contributed by atoms with Gasteiger partial charge in [0.05, 0.1) is 17.8 Å². The molecule has 0 atom stereocenters. The Bertz CT molecular complexity index is 387. The number of fused-ring (bicyclic) bond motifs is 1. The third-order valence-electron chi connectivity index (χ3n) is 2.47. The predicted molar refractivity (Wildman–Crippen MR) is 60.4 cm³/mol. The van der Waals surface area contributed by atoms with Crippen LogP contribution in [0.15, 0.2) is 18.2 Å². The van der Waals surface area contributed by atoms with Crippen LogP contribution < -0.4 is 9.64 Å². The molecule has 1 aliphatic rings. The lowest BCUT2D eigenvalue weighted by Gasteiger charge is -2.35. The van der Waals surface area contributed by atoms with Crippen LogP contribution in [0, 0.1) is 5.82 Å². The van der Waals surface area contributed by atoms with E-state index in [0.29, 0.717) is 25.4 Å².